The second-order valence-corrected chi connectivity index (χ2v) is 2.16. The van der Waals surface area contributed by atoms with Gasteiger partial charge >= 0.3 is 5.56 Å². The van der Waals surface area contributed by atoms with E-state index in [-0.39, 0.29) is 11.4 Å². The van der Waals surface area contributed by atoms with E-state index in [0.29, 0.717) is 0 Å². The van der Waals surface area contributed by atoms with Crippen molar-refractivity contribution in [3.8, 4) is 5.88 Å². The highest BCUT2D eigenvalue weighted by molar-refractivity contribution is 4.95. The zero-order valence-electron chi connectivity index (χ0n) is 5.87. The molecule has 0 aliphatic carbocycles. The number of hydrogen-bond donors (Lipinski definition) is 0. The third-order valence-corrected chi connectivity index (χ3v) is 1.29. The summed E-state index contributed by atoms with van der Waals surface area (Å²) in [5, 5.41) is 10.8. The number of aryl methyl sites for hydroxylation is 1. The first-order valence-electron chi connectivity index (χ1n) is 2.84. The fourth-order valence-electron chi connectivity index (χ4n) is 0.667. The quantitative estimate of drug-likeness (QED) is 0.403. The molecule has 10 heavy (non-hydrogen) atoms. The van der Waals surface area contributed by atoms with Crippen LogP contribution >= 0.6 is 0 Å². The van der Waals surface area contributed by atoms with Crippen molar-refractivity contribution in [2.45, 2.75) is 0 Å². The summed E-state index contributed by atoms with van der Waals surface area (Å²) in [4.78, 5) is 10.8. The van der Waals surface area contributed by atoms with Crippen molar-refractivity contribution in [3.63, 3.8) is 0 Å². The van der Waals surface area contributed by atoms with Crippen LogP contribution in [-0.2, 0) is 14.1 Å². The molecule has 1 aromatic heterocycles. The predicted molar refractivity (Wildman–Crippen MR) is 32.3 cm³/mol. The second kappa shape index (κ2) is 2.13. The van der Waals surface area contributed by atoms with Gasteiger partial charge in [0, 0.05) is 12.9 Å². The van der Waals surface area contributed by atoms with Gasteiger partial charge in [-0.1, -0.05) is 0 Å². The van der Waals surface area contributed by atoms with Crippen LogP contribution in [-0.4, -0.2) is 4.57 Å². The van der Waals surface area contributed by atoms with Crippen LogP contribution in [0.2, 0.25) is 0 Å². The van der Waals surface area contributed by atoms with Crippen LogP contribution in [0.25, 0.3) is 0 Å². The van der Waals surface area contributed by atoms with Crippen molar-refractivity contribution in [2.24, 2.45) is 14.1 Å². The van der Waals surface area contributed by atoms with Crippen molar-refractivity contribution in [1.82, 2.24) is 4.57 Å². The van der Waals surface area contributed by atoms with E-state index in [1.165, 1.54) is 24.0 Å². The molecule has 1 heterocycles. The Labute approximate surface area is 58.0 Å². The first kappa shape index (κ1) is 6.80. The maximum atomic E-state index is 10.8. The number of aromatic nitrogens is 2. The van der Waals surface area contributed by atoms with Gasteiger partial charge in [-0.25, -0.2) is 4.57 Å². The van der Waals surface area contributed by atoms with Crippen LogP contribution in [0.15, 0.2) is 17.2 Å². The van der Waals surface area contributed by atoms with Gasteiger partial charge in [0.1, 0.15) is 7.05 Å². The van der Waals surface area contributed by atoms with E-state index in [4.69, 9.17) is 0 Å². The first-order valence-corrected chi connectivity index (χ1v) is 2.84. The maximum Gasteiger partial charge on any atom is 0.314 e. The van der Waals surface area contributed by atoms with Gasteiger partial charge in [-0.2, -0.15) is 0 Å². The second-order valence-electron chi connectivity index (χ2n) is 2.16. The number of nitrogens with zero attached hydrogens (tertiary/aromatic N) is 2. The lowest BCUT2D eigenvalue weighted by molar-refractivity contribution is -0.675. The molecule has 0 amide bonds. The Kier molecular flexibility index (Phi) is 1.45. The Bertz CT molecular complexity index is 303. The molecule has 0 aliphatic rings. The normalized spacial score (nSPS) is 9.80. The average Bonchev–Trinajstić information content (AvgIpc) is 1.82. The first-order chi connectivity index (χ1) is 4.61. The number of rotatable bonds is 0. The third kappa shape index (κ3) is 1.00. The van der Waals surface area contributed by atoms with Gasteiger partial charge in [0.05, 0.1) is 0 Å². The molecular formula is C6H8N2O2. The largest absolute Gasteiger partial charge is 0.856 e. The highest BCUT2D eigenvalue weighted by Gasteiger charge is 1.96. The topological polar surface area (TPSA) is 48.9 Å². The molecule has 4 heteroatoms. The van der Waals surface area contributed by atoms with Crippen LogP contribution in [0.1, 0.15) is 0 Å². The van der Waals surface area contributed by atoms with Gasteiger partial charge in [-0.05, 0) is 0 Å². The van der Waals surface area contributed by atoms with Crippen LogP contribution in [0, 0.1) is 0 Å². The molecule has 0 atom stereocenters. The van der Waals surface area contributed by atoms with Crippen molar-refractivity contribution >= 4 is 0 Å². The lowest BCUT2D eigenvalue weighted by Crippen LogP contribution is -2.37. The Balaban J connectivity index is 3.46. The molecule has 0 saturated carbocycles. The monoisotopic (exact) mass is 140 g/mol. The molecule has 4 nitrogen and oxygen atoms in total. The average molecular weight is 140 g/mol. The van der Waals surface area contributed by atoms with Crippen LogP contribution in [0.3, 0.4) is 0 Å². The standard InChI is InChI=1S/C6H8N2O2/c1-7-3-5(9)8(2)6(10)4-7/h3-4H,1-2H3. The van der Waals surface area contributed by atoms with E-state index in [9.17, 15) is 9.90 Å². The number of hydrogen-bond acceptors (Lipinski definition) is 2. The Hall–Kier alpha value is -1.32. The highest BCUT2D eigenvalue weighted by atomic mass is 16.3. The summed E-state index contributed by atoms with van der Waals surface area (Å²) in [5.74, 6) is -0.282. The van der Waals surface area contributed by atoms with E-state index in [0.717, 1.165) is 4.57 Å². The fourth-order valence-corrected chi connectivity index (χ4v) is 0.667. The van der Waals surface area contributed by atoms with Crippen molar-refractivity contribution in [3.05, 3.63) is 22.7 Å². The van der Waals surface area contributed by atoms with E-state index in [1.54, 1.807) is 7.05 Å². The molecule has 0 fully saturated rings. The maximum absolute atomic E-state index is 10.8. The Morgan fingerprint density at radius 3 is 2.70 bits per heavy atom. The smallest absolute Gasteiger partial charge is 0.314 e. The van der Waals surface area contributed by atoms with Crippen molar-refractivity contribution in [2.75, 3.05) is 0 Å². The minimum absolute atomic E-state index is 0.282. The molecule has 54 valence electrons. The SMILES string of the molecule is Cn1c([O-])c[n+](C)cc1=O. The summed E-state index contributed by atoms with van der Waals surface area (Å²) < 4.78 is 2.50. The van der Waals surface area contributed by atoms with Crippen LogP contribution < -0.4 is 15.2 Å². The van der Waals surface area contributed by atoms with Crippen LogP contribution in [0.4, 0.5) is 0 Å². The van der Waals surface area contributed by atoms with E-state index in [1.807, 2.05) is 0 Å². The van der Waals surface area contributed by atoms with Gasteiger partial charge in [0.25, 0.3) is 0 Å². The molecule has 0 radical (unpaired) electrons. The summed E-state index contributed by atoms with van der Waals surface area (Å²) >= 11 is 0. The van der Waals surface area contributed by atoms with Crippen LogP contribution in [0.5, 0.6) is 5.88 Å². The van der Waals surface area contributed by atoms with Gasteiger partial charge in [0.15, 0.2) is 6.20 Å². The molecule has 0 aliphatic heterocycles. The van der Waals surface area contributed by atoms with Gasteiger partial charge in [-0.15, -0.1) is 0 Å². The lowest BCUT2D eigenvalue weighted by Gasteiger charge is -2.06. The van der Waals surface area contributed by atoms with Crippen molar-refractivity contribution in [1.29, 1.82) is 0 Å². The summed E-state index contributed by atoms with van der Waals surface area (Å²) in [7, 11) is 3.09. The van der Waals surface area contributed by atoms with Gasteiger partial charge in [0.2, 0.25) is 6.20 Å². The minimum Gasteiger partial charge on any atom is -0.856 e. The Morgan fingerprint density at radius 1 is 1.60 bits per heavy atom. The fraction of sp³-hybridized carbons (Fsp3) is 0.333. The molecule has 0 saturated heterocycles. The highest BCUT2D eigenvalue weighted by Crippen LogP contribution is 1.88. The molecule has 1 aromatic rings. The zero-order valence-corrected chi connectivity index (χ0v) is 5.87. The lowest BCUT2D eigenvalue weighted by atomic mass is 10.6. The summed E-state index contributed by atoms with van der Waals surface area (Å²) in [6.45, 7) is 0. The molecule has 0 spiro atoms. The molecule has 1 rings (SSSR count). The summed E-state index contributed by atoms with van der Waals surface area (Å²) in [6, 6.07) is 0. The summed E-state index contributed by atoms with van der Waals surface area (Å²) in [6.07, 6.45) is 2.70. The summed E-state index contributed by atoms with van der Waals surface area (Å²) in [5.41, 5.74) is -0.282. The molecular weight excluding hydrogens is 132 g/mol. The molecule has 0 N–H and O–H groups in total. The minimum atomic E-state index is -0.282. The third-order valence-electron chi connectivity index (χ3n) is 1.29. The van der Waals surface area contributed by atoms with E-state index in [2.05, 4.69) is 0 Å². The molecule has 0 aromatic carbocycles. The molecule has 0 bridgehead atoms. The van der Waals surface area contributed by atoms with E-state index >= 15 is 0 Å². The zero-order chi connectivity index (χ0) is 7.72. The Morgan fingerprint density at radius 2 is 2.20 bits per heavy atom. The molecule has 0 unspecified atom stereocenters. The van der Waals surface area contributed by atoms with E-state index < -0.39 is 0 Å². The van der Waals surface area contributed by atoms with Gasteiger partial charge < -0.3 is 9.67 Å². The predicted octanol–water partition coefficient (Wildman–Crippen LogP) is -1.72. The van der Waals surface area contributed by atoms with Crippen molar-refractivity contribution < 1.29 is 9.67 Å². The van der Waals surface area contributed by atoms with Gasteiger partial charge in [-0.3, -0.25) is 4.79 Å².